The van der Waals surface area contributed by atoms with E-state index in [9.17, 15) is 9.59 Å². The van der Waals surface area contributed by atoms with Crippen molar-refractivity contribution in [3.05, 3.63) is 22.4 Å². The monoisotopic (exact) mass is 266 g/mol. The molecule has 0 aromatic carbocycles. The molecule has 2 rings (SSSR count). The van der Waals surface area contributed by atoms with E-state index >= 15 is 0 Å². The average molecular weight is 266 g/mol. The Labute approximate surface area is 111 Å². The van der Waals surface area contributed by atoms with Gasteiger partial charge in [-0.15, -0.1) is 11.3 Å². The van der Waals surface area contributed by atoms with Crippen LogP contribution in [-0.2, 0) is 16.1 Å². The van der Waals surface area contributed by atoms with Crippen LogP contribution in [0.4, 0.5) is 0 Å². The van der Waals surface area contributed by atoms with E-state index in [1.54, 1.807) is 43.9 Å². The Morgan fingerprint density at radius 2 is 1.94 bits per heavy atom. The van der Waals surface area contributed by atoms with Crippen LogP contribution in [0.25, 0.3) is 0 Å². The van der Waals surface area contributed by atoms with E-state index < -0.39 is 11.1 Å². The second kappa shape index (κ2) is 4.09. The maximum absolute atomic E-state index is 12.5. The lowest BCUT2D eigenvalue weighted by atomic mass is 9.89. The molecule has 2 amide bonds. The van der Waals surface area contributed by atoms with Gasteiger partial charge in [0.05, 0.1) is 6.54 Å². The molecule has 1 fully saturated rings. The molecule has 1 aliphatic rings. The normalized spacial score (nSPS) is 21.9. The van der Waals surface area contributed by atoms with E-state index in [2.05, 4.69) is 5.32 Å². The minimum Gasteiger partial charge on any atom is -0.340 e. The van der Waals surface area contributed by atoms with Crippen LogP contribution >= 0.6 is 11.3 Å². The van der Waals surface area contributed by atoms with Crippen LogP contribution in [0.1, 0.15) is 32.6 Å². The highest BCUT2D eigenvalue weighted by molar-refractivity contribution is 7.09. The van der Waals surface area contributed by atoms with Crippen molar-refractivity contribution in [1.82, 2.24) is 10.2 Å². The molecule has 1 N–H and O–H groups in total. The summed E-state index contributed by atoms with van der Waals surface area (Å²) in [7, 11) is 0. The molecule has 2 heterocycles. The highest BCUT2D eigenvalue weighted by Crippen LogP contribution is 2.28. The van der Waals surface area contributed by atoms with Gasteiger partial charge in [-0.05, 0) is 39.1 Å². The highest BCUT2D eigenvalue weighted by Gasteiger charge is 2.49. The molecular weight excluding hydrogens is 248 g/mol. The van der Waals surface area contributed by atoms with E-state index in [0.717, 1.165) is 4.88 Å². The van der Waals surface area contributed by atoms with Gasteiger partial charge < -0.3 is 10.2 Å². The Balaban J connectivity index is 2.34. The fourth-order valence-corrected chi connectivity index (χ4v) is 2.72. The van der Waals surface area contributed by atoms with Crippen LogP contribution < -0.4 is 5.32 Å². The lowest BCUT2D eigenvalue weighted by Gasteiger charge is -2.47. The van der Waals surface area contributed by atoms with Gasteiger partial charge in [0, 0.05) is 4.88 Å². The molecule has 5 heteroatoms. The number of nitrogens with zero attached hydrogens (tertiary/aromatic N) is 1. The summed E-state index contributed by atoms with van der Waals surface area (Å²) in [5, 5.41) is 4.75. The van der Waals surface area contributed by atoms with Crippen molar-refractivity contribution in [3.8, 4) is 0 Å². The van der Waals surface area contributed by atoms with Crippen LogP contribution in [0, 0.1) is 0 Å². The molecule has 18 heavy (non-hydrogen) atoms. The minimum absolute atomic E-state index is 0.0412. The summed E-state index contributed by atoms with van der Waals surface area (Å²) in [5.74, 6) is -0.149. The first-order valence-corrected chi connectivity index (χ1v) is 6.80. The van der Waals surface area contributed by atoms with Crippen LogP contribution in [0.3, 0.4) is 0 Å². The topological polar surface area (TPSA) is 49.4 Å². The van der Waals surface area contributed by atoms with E-state index in [-0.39, 0.29) is 11.8 Å². The Bertz CT molecular complexity index is 477. The van der Waals surface area contributed by atoms with Crippen LogP contribution in [-0.4, -0.2) is 27.8 Å². The van der Waals surface area contributed by atoms with Crippen molar-refractivity contribution >= 4 is 23.2 Å². The molecule has 0 bridgehead atoms. The summed E-state index contributed by atoms with van der Waals surface area (Å²) in [4.78, 5) is 27.3. The SMILES string of the molecule is CC1(C)NC(=O)C(C)(C)N(Cc2cccs2)C1=O. The molecule has 0 saturated carbocycles. The third-order valence-electron chi connectivity index (χ3n) is 3.33. The van der Waals surface area contributed by atoms with E-state index in [1.807, 2.05) is 17.5 Å². The number of nitrogens with one attached hydrogen (secondary N) is 1. The van der Waals surface area contributed by atoms with Crippen molar-refractivity contribution in [3.63, 3.8) is 0 Å². The smallest absolute Gasteiger partial charge is 0.248 e. The predicted octanol–water partition coefficient (Wildman–Crippen LogP) is 1.76. The second-order valence-corrected chi connectivity index (χ2v) is 6.64. The zero-order chi connectivity index (χ0) is 13.6. The molecule has 1 aromatic rings. The molecule has 98 valence electrons. The third kappa shape index (κ3) is 2.03. The Morgan fingerprint density at radius 3 is 2.50 bits per heavy atom. The van der Waals surface area contributed by atoms with Crippen molar-refractivity contribution < 1.29 is 9.59 Å². The highest BCUT2D eigenvalue weighted by atomic mass is 32.1. The van der Waals surface area contributed by atoms with Gasteiger partial charge in [-0.25, -0.2) is 0 Å². The number of amides is 2. The van der Waals surface area contributed by atoms with Crippen molar-refractivity contribution in [2.75, 3.05) is 0 Å². The molecule has 0 aliphatic carbocycles. The van der Waals surface area contributed by atoms with E-state index in [1.165, 1.54) is 0 Å². The van der Waals surface area contributed by atoms with Gasteiger partial charge in [0.15, 0.2) is 0 Å². The number of piperazine rings is 1. The number of hydrogen-bond acceptors (Lipinski definition) is 3. The summed E-state index contributed by atoms with van der Waals surface area (Å²) in [5.41, 5.74) is -1.64. The molecule has 1 aliphatic heterocycles. The average Bonchev–Trinajstić information content (AvgIpc) is 2.75. The first kappa shape index (κ1) is 13.1. The largest absolute Gasteiger partial charge is 0.340 e. The van der Waals surface area contributed by atoms with E-state index in [4.69, 9.17) is 0 Å². The Morgan fingerprint density at radius 1 is 1.28 bits per heavy atom. The van der Waals surface area contributed by atoms with E-state index in [0.29, 0.717) is 6.54 Å². The number of carbonyl (C=O) groups excluding carboxylic acids is 2. The summed E-state index contributed by atoms with van der Waals surface area (Å²) >= 11 is 1.60. The zero-order valence-corrected chi connectivity index (χ0v) is 11.9. The van der Waals surface area contributed by atoms with Crippen molar-refractivity contribution in [2.45, 2.75) is 45.3 Å². The maximum atomic E-state index is 12.5. The van der Waals surface area contributed by atoms with Crippen LogP contribution in [0.5, 0.6) is 0 Å². The summed E-state index contributed by atoms with van der Waals surface area (Å²) in [6, 6.07) is 3.93. The molecule has 1 aromatic heterocycles. The quantitative estimate of drug-likeness (QED) is 0.887. The lowest BCUT2D eigenvalue weighted by molar-refractivity contribution is -0.160. The van der Waals surface area contributed by atoms with Crippen LogP contribution in [0.15, 0.2) is 17.5 Å². The maximum Gasteiger partial charge on any atom is 0.248 e. The van der Waals surface area contributed by atoms with Gasteiger partial charge in [0.25, 0.3) is 0 Å². The Kier molecular flexibility index (Phi) is 2.97. The van der Waals surface area contributed by atoms with Gasteiger partial charge in [-0.2, -0.15) is 0 Å². The van der Waals surface area contributed by atoms with Gasteiger partial charge in [-0.1, -0.05) is 6.07 Å². The van der Waals surface area contributed by atoms with Gasteiger partial charge in [0.1, 0.15) is 11.1 Å². The molecular formula is C13H18N2O2S. The molecule has 0 radical (unpaired) electrons. The minimum atomic E-state index is -0.830. The van der Waals surface area contributed by atoms with Gasteiger partial charge in [0.2, 0.25) is 11.8 Å². The fraction of sp³-hybridized carbons (Fsp3) is 0.538. The molecule has 0 atom stereocenters. The van der Waals surface area contributed by atoms with Crippen LogP contribution in [0.2, 0.25) is 0 Å². The fourth-order valence-electron chi connectivity index (χ4n) is 2.03. The molecule has 1 saturated heterocycles. The summed E-state index contributed by atoms with van der Waals surface area (Å²) in [6.45, 7) is 7.53. The predicted molar refractivity (Wildman–Crippen MR) is 71.2 cm³/mol. The number of thiophene rings is 1. The Hall–Kier alpha value is -1.36. The van der Waals surface area contributed by atoms with Gasteiger partial charge >= 0.3 is 0 Å². The second-order valence-electron chi connectivity index (χ2n) is 5.61. The zero-order valence-electron chi connectivity index (χ0n) is 11.1. The molecule has 4 nitrogen and oxygen atoms in total. The number of hydrogen-bond donors (Lipinski definition) is 1. The third-order valence-corrected chi connectivity index (χ3v) is 4.19. The summed E-state index contributed by atoms with van der Waals surface area (Å²) < 4.78 is 0. The first-order chi connectivity index (χ1) is 8.25. The van der Waals surface area contributed by atoms with Crippen molar-refractivity contribution in [1.29, 1.82) is 0 Å². The molecule has 0 spiro atoms. The summed E-state index contributed by atoms with van der Waals surface area (Å²) in [6.07, 6.45) is 0. The van der Waals surface area contributed by atoms with Crippen molar-refractivity contribution in [2.24, 2.45) is 0 Å². The first-order valence-electron chi connectivity index (χ1n) is 5.92. The standard InChI is InChI=1S/C13H18N2O2S/c1-12(2)11(17)15(8-9-6-5-7-18-9)13(3,4)10(16)14-12/h5-7H,8H2,1-4H3,(H,14,16). The number of rotatable bonds is 2. The molecule has 0 unspecified atom stereocenters. The lowest BCUT2D eigenvalue weighted by Crippen LogP contribution is -2.71. The van der Waals surface area contributed by atoms with Gasteiger partial charge in [-0.3, -0.25) is 9.59 Å². The number of carbonyl (C=O) groups is 2.